The van der Waals surface area contributed by atoms with Crippen LogP contribution in [0.15, 0.2) is 79.4 Å². The lowest BCUT2D eigenvalue weighted by Crippen LogP contribution is -2.51. The van der Waals surface area contributed by atoms with Gasteiger partial charge in [-0.05, 0) is 65.5 Å². The highest BCUT2D eigenvalue weighted by Crippen LogP contribution is 2.63. The largest absolute Gasteiger partial charge is 0.496 e. The fourth-order valence-electron chi connectivity index (χ4n) is 7.32. The minimum absolute atomic E-state index is 0.118. The van der Waals surface area contributed by atoms with Gasteiger partial charge in [0.25, 0.3) is 5.91 Å². The monoisotopic (exact) mass is 503 g/mol. The van der Waals surface area contributed by atoms with Crippen LogP contribution in [0.2, 0.25) is 0 Å². The molecule has 4 unspecified atom stereocenters. The van der Waals surface area contributed by atoms with Crippen molar-refractivity contribution in [3.63, 3.8) is 0 Å². The number of likely N-dealkylation sites (tertiary alicyclic amines) is 1. The molecule has 0 aromatic heterocycles. The number of ether oxygens (including phenoxy) is 1. The molecule has 3 aliphatic carbocycles. The van der Waals surface area contributed by atoms with E-state index < -0.39 is 17.2 Å². The van der Waals surface area contributed by atoms with Crippen LogP contribution < -0.4 is 4.74 Å². The number of amides is 1. The second-order valence-corrected chi connectivity index (χ2v) is 10.4. The molecule has 2 bridgehead atoms. The van der Waals surface area contributed by atoms with Gasteiger partial charge in [-0.1, -0.05) is 61.2 Å². The molecule has 4 atom stereocenters. The van der Waals surface area contributed by atoms with Crippen LogP contribution in [0.5, 0.6) is 5.75 Å². The molecule has 37 heavy (non-hydrogen) atoms. The lowest BCUT2D eigenvalue weighted by Gasteiger charge is -2.55. The number of hydrogen-bond acceptors (Lipinski definition) is 2. The van der Waals surface area contributed by atoms with Gasteiger partial charge in [-0.15, -0.1) is 0 Å². The second kappa shape index (κ2) is 8.51. The lowest BCUT2D eigenvalue weighted by atomic mass is 9.47. The first-order chi connectivity index (χ1) is 17.8. The van der Waals surface area contributed by atoms with Gasteiger partial charge in [0.1, 0.15) is 5.75 Å². The molecular formula is C31H28F3NO2. The van der Waals surface area contributed by atoms with E-state index in [2.05, 4.69) is 18.7 Å². The molecule has 1 amide bonds. The first kappa shape index (κ1) is 23.8. The average molecular weight is 504 g/mol. The maximum absolute atomic E-state index is 13.7. The van der Waals surface area contributed by atoms with Gasteiger partial charge in [-0.25, -0.2) is 0 Å². The number of alkyl halides is 3. The summed E-state index contributed by atoms with van der Waals surface area (Å²) in [4.78, 5) is 15.6. The van der Waals surface area contributed by atoms with E-state index in [0.717, 1.165) is 18.4 Å². The SMILES string of the molecule is C=C(C(=O)N1CC2C3CCC(c4ccc(C(F)(F)F)cc4)(c4ccccc43)C2C1)c1ccccc1OC. The van der Waals surface area contributed by atoms with E-state index in [9.17, 15) is 18.0 Å². The molecule has 3 aromatic rings. The van der Waals surface area contributed by atoms with E-state index in [1.165, 1.54) is 23.3 Å². The van der Waals surface area contributed by atoms with Crippen molar-refractivity contribution < 1.29 is 22.7 Å². The minimum atomic E-state index is -4.38. The van der Waals surface area contributed by atoms with Gasteiger partial charge in [-0.3, -0.25) is 4.79 Å². The second-order valence-electron chi connectivity index (χ2n) is 10.4. The van der Waals surface area contributed by atoms with E-state index in [1.54, 1.807) is 19.2 Å². The van der Waals surface area contributed by atoms with Gasteiger partial charge in [0.15, 0.2) is 0 Å². The number of hydrogen-bond donors (Lipinski definition) is 0. The predicted molar refractivity (Wildman–Crippen MR) is 136 cm³/mol. The number of methoxy groups -OCH3 is 1. The number of rotatable bonds is 4. The molecule has 1 saturated heterocycles. The van der Waals surface area contributed by atoms with Crippen LogP contribution in [0.3, 0.4) is 0 Å². The number of carbonyl (C=O) groups is 1. The Kier molecular flexibility index (Phi) is 5.48. The summed E-state index contributed by atoms with van der Waals surface area (Å²) in [6.07, 6.45) is -2.57. The molecule has 0 N–H and O–H groups in total. The third kappa shape index (κ3) is 3.52. The Labute approximate surface area is 214 Å². The molecule has 7 rings (SSSR count). The zero-order valence-corrected chi connectivity index (χ0v) is 20.6. The molecule has 3 aromatic carbocycles. The smallest absolute Gasteiger partial charge is 0.416 e. The quantitative estimate of drug-likeness (QED) is 0.372. The van der Waals surface area contributed by atoms with Gasteiger partial charge in [-0.2, -0.15) is 13.2 Å². The van der Waals surface area contributed by atoms with Crippen LogP contribution in [-0.2, 0) is 16.4 Å². The lowest BCUT2D eigenvalue weighted by molar-refractivity contribution is -0.137. The van der Waals surface area contributed by atoms with Crippen LogP contribution in [0.25, 0.3) is 5.57 Å². The molecule has 0 spiro atoms. The van der Waals surface area contributed by atoms with Crippen molar-refractivity contribution in [1.82, 2.24) is 4.90 Å². The standard InChI is InChI=1S/C31H28F3NO2/c1-19(22-7-4-6-10-28(22)37-2)29(36)35-17-25-23-15-16-30(27(25)18-35,26-9-5-3-8-24(23)26)20-11-13-21(14-12-20)31(32,33)34/h3-14,23,25,27H,1,15-18H2,2H3. The maximum atomic E-state index is 13.7. The van der Waals surface area contributed by atoms with E-state index in [1.807, 2.05) is 41.3 Å². The van der Waals surface area contributed by atoms with Crippen molar-refractivity contribution in [3.05, 3.63) is 107 Å². The topological polar surface area (TPSA) is 29.5 Å². The number of para-hydroxylation sites is 1. The number of fused-ring (bicyclic) bond motifs is 1. The summed E-state index contributed by atoms with van der Waals surface area (Å²) in [5.74, 6) is 1.17. The third-order valence-electron chi connectivity index (χ3n) is 8.91. The number of halogens is 3. The summed E-state index contributed by atoms with van der Waals surface area (Å²) in [5, 5.41) is 0. The van der Waals surface area contributed by atoms with E-state index in [4.69, 9.17) is 4.74 Å². The number of nitrogens with zero attached hydrogens (tertiary/aromatic N) is 1. The first-order valence-electron chi connectivity index (χ1n) is 12.6. The summed E-state index contributed by atoms with van der Waals surface area (Å²) >= 11 is 0. The van der Waals surface area contributed by atoms with Gasteiger partial charge >= 0.3 is 6.18 Å². The van der Waals surface area contributed by atoms with Crippen molar-refractivity contribution >= 4 is 11.5 Å². The van der Waals surface area contributed by atoms with Gasteiger partial charge < -0.3 is 9.64 Å². The molecule has 2 fully saturated rings. The Balaban J connectivity index is 1.39. The van der Waals surface area contributed by atoms with Crippen LogP contribution in [0, 0.1) is 11.8 Å². The molecule has 3 nitrogen and oxygen atoms in total. The fourth-order valence-corrected chi connectivity index (χ4v) is 7.32. The van der Waals surface area contributed by atoms with Crippen LogP contribution in [-0.4, -0.2) is 31.0 Å². The number of benzene rings is 3. The Bertz CT molecular complexity index is 1380. The van der Waals surface area contributed by atoms with Crippen LogP contribution in [0.1, 0.15) is 46.6 Å². The van der Waals surface area contributed by atoms with Gasteiger partial charge in [0, 0.05) is 29.6 Å². The minimum Gasteiger partial charge on any atom is -0.496 e. The third-order valence-corrected chi connectivity index (χ3v) is 8.91. The Morgan fingerprint density at radius 2 is 1.70 bits per heavy atom. The molecule has 6 heteroatoms. The summed E-state index contributed by atoms with van der Waals surface area (Å²) < 4.78 is 45.5. The molecule has 1 aliphatic heterocycles. The predicted octanol–water partition coefficient (Wildman–Crippen LogP) is 6.68. The fraction of sp³-hybridized carbons (Fsp3) is 0.323. The van der Waals surface area contributed by atoms with Crippen LogP contribution in [0.4, 0.5) is 13.2 Å². The Morgan fingerprint density at radius 3 is 2.43 bits per heavy atom. The van der Waals surface area contributed by atoms with Crippen molar-refractivity contribution in [1.29, 1.82) is 0 Å². The Hall–Kier alpha value is -3.54. The highest BCUT2D eigenvalue weighted by molar-refractivity contribution is 6.19. The highest BCUT2D eigenvalue weighted by Gasteiger charge is 2.60. The molecule has 4 aliphatic rings. The zero-order valence-electron chi connectivity index (χ0n) is 20.6. The van der Waals surface area contributed by atoms with Gasteiger partial charge in [0.05, 0.1) is 12.7 Å². The summed E-state index contributed by atoms with van der Waals surface area (Å²) in [7, 11) is 1.57. The van der Waals surface area contributed by atoms with Crippen molar-refractivity contribution in [2.24, 2.45) is 11.8 Å². The van der Waals surface area contributed by atoms with Crippen LogP contribution >= 0.6 is 0 Å². The molecule has 1 heterocycles. The van der Waals surface area contributed by atoms with E-state index >= 15 is 0 Å². The van der Waals surface area contributed by atoms with Crippen molar-refractivity contribution in [2.45, 2.75) is 30.4 Å². The van der Waals surface area contributed by atoms with Crippen molar-refractivity contribution in [2.75, 3.05) is 20.2 Å². The molecular weight excluding hydrogens is 475 g/mol. The maximum Gasteiger partial charge on any atom is 0.416 e. The summed E-state index contributed by atoms with van der Waals surface area (Å²) in [6.45, 7) is 5.27. The van der Waals surface area contributed by atoms with Gasteiger partial charge in [0.2, 0.25) is 0 Å². The van der Waals surface area contributed by atoms with E-state index in [-0.39, 0.29) is 17.7 Å². The summed E-state index contributed by atoms with van der Waals surface area (Å²) in [5.41, 5.74) is 3.37. The zero-order chi connectivity index (χ0) is 25.9. The normalized spacial score (nSPS) is 25.9. The highest BCUT2D eigenvalue weighted by atomic mass is 19.4. The van der Waals surface area contributed by atoms with Crippen molar-refractivity contribution in [3.8, 4) is 5.75 Å². The first-order valence-corrected chi connectivity index (χ1v) is 12.6. The molecule has 190 valence electrons. The molecule has 0 radical (unpaired) electrons. The average Bonchev–Trinajstić information content (AvgIpc) is 3.39. The van der Waals surface area contributed by atoms with E-state index in [0.29, 0.717) is 35.9 Å². The Morgan fingerprint density at radius 1 is 1.00 bits per heavy atom. The number of carbonyl (C=O) groups excluding carboxylic acids is 1. The molecule has 1 saturated carbocycles. The summed E-state index contributed by atoms with van der Waals surface area (Å²) in [6, 6.07) is 21.4.